The highest BCUT2D eigenvalue weighted by Gasteiger charge is 2.05. The first-order valence-corrected chi connectivity index (χ1v) is 7.89. The molecule has 26 heavy (non-hydrogen) atoms. The molecule has 0 aliphatic carbocycles. The van der Waals surface area contributed by atoms with E-state index in [9.17, 15) is 14.7 Å². The number of nitrogens with zero attached hydrogens (tertiary/aromatic N) is 1. The predicted octanol–water partition coefficient (Wildman–Crippen LogP) is 0.961. The Morgan fingerprint density at radius 3 is 2.58 bits per heavy atom. The molecule has 2 rings (SSSR count). The van der Waals surface area contributed by atoms with Crippen LogP contribution < -0.4 is 20.0 Å². The van der Waals surface area contributed by atoms with Crippen molar-refractivity contribution < 1.29 is 24.2 Å². The van der Waals surface area contributed by atoms with Gasteiger partial charge in [0.05, 0.1) is 12.2 Å². The summed E-state index contributed by atoms with van der Waals surface area (Å²) in [6.45, 7) is 3.09. The number of nitrogens with one attached hydrogen (secondary N) is 1. The van der Waals surface area contributed by atoms with E-state index in [1.165, 1.54) is 6.21 Å². The van der Waals surface area contributed by atoms with Gasteiger partial charge in [-0.25, -0.2) is 5.43 Å². The van der Waals surface area contributed by atoms with Crippen molar-refractivity contribution in [3.8, 4) is 11.5 Å². The maximum Gasteiger partial charge on any atom is 0.277 e. The molecule has 7 heteroatoms. The van der Waals surface area contributed by atoms with Crippen LogP contribution in [0.5, 0.6) is 11.5 Å². The van der Waals surface area contributed by atoms with Gasteiger partial charge in [0.15, 0.2) is 6.61 Å². The lowest BCUT2D eigenvalue weighted by Crippen LogP contribution is -2.29. The van der Waals surface area contributed by atoms with Crippen molar-refractivity contribution in [3.05, 3.63) is 59.2 Å². The first kappa shape index (κ1) is 19.0. The zero-order chi connectivity index (χ0) is 18.9. The molecule has 1 amide bonds. The van der Waals surface area contributed by atoms with Gasteiger partial charge in [-0.05, 0) is 43.2 Å². The average molecular weight is 355 g/mol. The van der Waals surface area contributed by atoms with Crippen LogP contribution in [-0.4, -0.2) is 31.3 Å². The molecular formula is C19H19N2O5-. The Hall–Kier alpha value is -3.35. The summed E-state index contributed by atoms with van der Waals surface area (Å²) in [4.78, 5) is 22.3. The molecule has 0 aliphatic heterocycles. The number of rotatable bonds is 8. The third-order valence-electron chi connectivity index (χ3n) is 3.36. The number of carbonyl (C=O) groups is 2. The molecule has 0 saturated carbocycles. The van der Waals surface area contributed by atoms with E-state index in [0.717, 1.165) is 11.1 Å². The number of hydrogen-bond acceptors (Lipinski definition) is 6. The molecule has 0 fully saturated rings. The van der Waals surface area contributed by atoms with Crippen LogP contribution >= 0.6 is 0 Å². The Balaban J connectivity index is 1.89. The minimum Gasteiger partial charge on any atom is -0.546 e. The van der Waals surface area contributed by atoms with Crippen LogP contribution in [0.15, 0.2) is 47.6 Å². The summed E-state index contributed by atoms with van der Waals surface area (Å²) in [7, 11) is 0. The second-order valence-corrected chi connectivity index (χ2v) is 5.55. The molecule has 0 saturated heterocycles. The summed E-state index contributed by atoms with van der Waals surface area (Å²) in [5.74, 6) is -0.782. The van der Waals surface area contributed by atoms with E-state index < -0.39 is 18.5 Å². The summed E-state index contributed by atoms with van der Waals surface area (Å²) in [6.07, 6.45) is 1.36. The molecule has 0 heterocycles. The van der Waals surface area contributed by atoms with Crippen LogP contribution in [-0.2, 0) is 9.59 Å². The van der Waals surface area contributed by atoms with Gasteiger partial charge < -0.3 is 19.4 Å². The Morgan fingerprint density at radius 1 is 1.08 bits per heavy atom. The van der Waals surface area contributed by atoms with Gasteiger partial charge in [-0.15, -0.1) is 0 Å². The van der Waals surface area contributed by atoms with Crippen molar-refractivity contribution in [2.24, 2.45) is 5.10 Å². The Morgan fingerprint density at radius 2 is 1.81 bits per heavy atom. The average Bonchev–Trinajstić information content (AvgIpc) is 2.61. The van der Waals surface area contributed by atoms with Crippen LogP contribution in [0, 0.1) is 13.8 Å². The van der Waals surface area contributed by atoms with Gasteiger partial charge >= 0.3 is 0 Å². The molecule has 2 aromatic carbocycles. The van der Waals surface area contributed by atoms with Crippen LogP contribution in [0.1, 0.15) is 16.7 Å². The van der Waals surface area contributed by atoms with Crippen LogP contribution in [0.2, 0.25) is 0 Å². The largest absolute Gasteiger partial charge is 0.546 e. The minimum absolute atomic E-state index is 0.176. The normalized spacial score (nSPS) is 10.5. The molecule has 0 atom stereocenters. The zero-order valence-corrected chi connectivity index (χ0v) is 14.5. The lowest BCUT2D eigenvalue weighted by atomic mass is 10.1. The first-order chi connectivity index (χ1) is 12.5. The Kier molecular flexibility index (Phi) is 6.73. The van der Waals surface area contributed by atoms with E-state index in [-0.39, 0.29) is 6.61 Å². The molecule has 0 radical (unpaired) electrons. The number of carbonyl (C=O) groups excluding carboxylic acids is 2. The van der Waals surface area contributed by atoms with Gasteiger partial charge in [0.2, 0.25) is 0 Å². The number of ether oxygens (including phenoxy) is 2. The molecule has 136 valence electrons. The molecule has 0 aliphatic rings. The molecule has 1 N–H and O–H groups in total. The first-order valence-electron chi connectivity index (χ1n) is 7.89. The van der Waals surface area contributed by atoms with Crippen LogP contribution in [0.3, 0.4) is 0 Å². The second-order valence-electron chi connectivity index (χ2n) is 5.55. The third-order valence-corrected chi connectivity index (χ3v) is 3.36. The van der Waals surface area contributed by atoms with Crippen molar-refractivity contribution in [3.63, 3.8) is 0 Å². The fourth-order valence-corrected chi connectivity index (χ4v) is 2.07. The number of aryl methyl sites for hydroxylation is 2. The van der Waals surface area contributed by atoms with Crippen molar-refractivity contribution in [2.45, 2.75) is 13.8 Å². The lowest BCUT2D eigenvalue weighted by molar-refractivity contribution is -0.307. The van der Waals surface area contributed by atoms with E-state index in [2.05, 4.69) is 10.5 Å². The maximum atomic E-state index is 11.8. The van der Waals surface area contributed by atoms with Gasteiger partial charge in [-0.1, -0.05) is 24.3 Å². The molecular weight excluding hydrogens is 336 g/mol. The summed E-state index contributed by atoms with van der Waals surface area (Å²) >= 11 is 0. The number of carboxylic acids is 1. The second kappa shape index (κ2) is 9.22. The van der Waals surface area contributed by atoms with E-state index >= 15 is 0 Å². The topological polar surface area (TPSA) is 100 Å². The number of para-hydroxylation sites is 1. The minimum atomic E-state index is -1.33. The van der Waals surface area contributed by atoms with Gasteiger partial charge in [-0.2, -0.15) is 5.10 Å². The van der Waals surface area contributed by atoms with Gasteiger partial charge in [0.1, 0.15) is 18.1 Å². The summed E-state index contributed by atoms with van der Waals surface area (Å²) in [6, 6.07) is 12.4. The fraction of sp³-hybridized carbons (Fsp3) is 0.211. The fourth-order valence-electron chi connectivity index (χ4n) is 2.07. The Bertz CT molecular complexity index is 817. The highest BCUT2D eigenvalue weighted by molar-refractivity contribution is 5.85. The highest BCUT2D eigenvalue weighted by atomic mass is 16.5. The van der Waals surface area contributed by atoms with Crippen LogP contribution in [0.4, 0.5) is 0 Å². The number of hydrogen-bond donors (Lipinski definition) is 1. The molecule has 0 aromatic heterocycles. The predicted molar refractivity (Wildman–Crippen MR) is 94.1 cm³/mol. The molecule has 7 nitrogen and oxygen atoms in total. The van der Waals surface area contributed by atoms with Gasteiger partial charge in [0.25, 0.3) is 5.91 Å². The molecule has 0 bridgehead atoms. The third kappa shape index (κ3) is 5.94. The van der Waals surface area contributed by atoms with Crippen molar-refractivity contribution in [1.82, 2.24) is 5.43 Å². The van der Waals surface area contributed by atoms with E-state index in [1.54, 1.807) is 24.3 Å². The smallest absolute Gasteiger partial charge is 0.277 e. The van der Waals surface area contributed by atoms with E-state index in [1.807, 2.05) is 32.0 Å². The lowest BCUT2D eigenvalue weighted by Gasteiger charge is -2.09. The van der Waals surface area contributed by atoms with Crippen molar-refractivity contribution >= 4 is 18.1 Å². The number of carboxylic acid groups (broad SMARTS) is 1. The number of amides is 1. The number of benzene rings is 2. The maximum absolute atomic E-state index is 11.8. The monoisotopic (exact) mass is 355 g/mol. The van der Waals surface area contributed by atoms with Gasteiger partial charge in [-0.3, -0.25) is 4.79 Å². The molecule has 0 unspecified atom stereocenters. The highest BCUT2D eigenvalue weighted by Crippen LogP contribution is 2.19. The SMILES string of the molecule is Cc1ccc(C)c(OCC(=O)N/N=C/c2ccccc2OCC(=O)[O-])c1. The summed E-state index contributed by atoms with van der Waals surface area (Å²) in [5.41, 5.74) is 4.84. The molecule has 0 spiro atoms. The Labute approximate surface area is 151 Å². The summed E-state index contributed by atoms with van der Waals surface area (Å²) < 4.78 is 10.6. The zero-order valence-electron chi connectivity index (χ0n) is 14.5. The number of aliphatic carboxylic acids is 1. The molecule has 2 aromatic rings. The van der Waals surface area contributed by atoms with E-state index in [0.29, 0.717) is 17.1 Å². The van der Waals surface area contributed by atoms with Crippen molar-refractivity contribution in [1.29, 1.82) is 0 Å². The van der Waals surface area contributed by atoms with Crippen LogP contribution in [0.25, 0.3) is 0 Å². The number of hydrazone groups is 1. The standard InChI is InChI=1S/C19H20N2O5/c1-13-7-8-14(2)17(9-13)25-11-18(22)21-20-10-15-5-3-4-6-16(15)26-12-19(23)24/h3-10H,11-12H2,1-2H3,(H,21,22)(H,23,24)/p-1/b20-10+. The quantitative estimate of drug-likeness (QED) is 0.562. The summed E-state index contributed by atoms with van der Waals surface area (Å²) in [5, 5.41) is 14.3. The van der Waals surface area contributed by atoms with E-state index in [4.69, 9.17) is 9.47 Å². The van der Waals surface area contributed by atoms with Crippen molar-refractivity contribution in [2.75, 3.05) is 13.2 Å². The van der Waals surface area contributed by atoms with Gasteiger partial charge in [0, 0.05) is 5.56 Å².